The van der Waals surface area contributed by atoms with Gasteiger partial charge in [0.25, 0.3) is 0 Å². The van der Waals surface area contributed by atoms with Gasteiger partial charge in [0.15, 0.2) is 5.78 Å². The summed E-state index contributed by atoms with van der Waals surface area (Å²) < 4.78 is 41.1. The van der Waals surface area contributed by atoms with E-state index >= 15 is 0 Å². The molecule has 4 N–H and O–H groups in total. The first kappa shape index (κ1) is 20.1. The number of carbonyl (C=O) groups excluding carboxylic acids is 3. The molecule has 1 saturated carbocycles. The molecule has 2 saturated heterocycles. The Labute approximate surface area is 154 Å². The van der Waals surface area contributed by atoms with Crippen LogP contribution in [0.15, 0.2) is 0 Å². The molecule has 3 unspecified atom stereocenters. The Morgan fingerprint density at radius 1 is 1.30 bits per heavy atom. The van der Waals surface area contributed by atoms with Crippen LogP contribution in [0.3, 0.4) is 0 Å². The quantitative estimate of drug-likeness (QED) is 0.585. The minimum absolute atomic E-state index is 0.0228. The molecular weight excluding hydrogens is 367 g/mol. The topological polar surface area (TPSA) is 111 Å². The number of alkyl halides is 3. The summed E-state index contributed by atoms with van der Waals surface area (Å²) in [7, 11) is 0. The Bertz CT molecular complexity index is 627. The average molecular weight is 391 g/mol. The maximum Gasteiger partial charge on any atom is 0.522 e. The van der Waals surface area contributed by atoms with Gasteiger partial charge in [0, 0.05) is 18.4 Å². The van der Waals surface area contributed by atoms with E-state index in [2.05, 4.69) is 15.4 Å². The van der Waals surface area contributed by atoms with Crippen molar-refractivity contribution < 1.29 is 32.3 Å². The maximum absolute atomic E-state index is 12.8. The highest BCUT2D eigenvalue weighted by Gasteiger charge is 2.60. The fraction of sp³-hybridized carbons (Fsp3) is 0.824. The first-order chi connectivity index (χ1) is 12.6. The molecule has 2 heterocycles. The minimum atomic E-state index is -4.95. The summed E-state index contributed by atoms with van der Waals surface area (Å²) in [6.07, 6.45) is -2.10. The number of ether oxygens (including phenoxy) is 1. The number of rotatable bonds is 7. The van der Waals surface area contributed by atoms with Gasteiger partial charge in [0.05, 0.1) is 0 Å². The van der Waals surface area contributed by atoms with Gasteiger partial charge < -0.3 is 16.4 Å². The van der Waals surface area contributed by atoms with Crippen molar-refractivity contribution in [3.8, 4) is 0 Å². The van der Waals surface area contributed by atoms with Crippen molar-refractivity contribution in [2.45, 2.75) is 44.0 Å². The number of Topliss-reactive ketones (excluding diaryl/α,β-unsaturated/α-hetero) is 1. The van der Waals surface area contributed by atoms with Crippen molar-refractivity contribution in [3.63, 3.8) is 0 Å². The maximum atomic E-state index is 12.8. The van der Waals surface area contributed by atoms with Gasteiger partial charge in [-0.25, -0.2) is 0 Å². The third-order valence-corrected chi connectivity index (χ3v) is 6.31. The van der Waals surface area contributed by atoms with Gasteiger partial charge in [0.1, 0.15) is 12.1 Å². The van der Waals surface area contributed by atoms with Crippen LogP contribution >= 0.6 is 0 Å². The van der Waals surface area contributed by atoms with Crippen LogP contribution in [0.5, 0.6) is 0 Å². The van der Waals surface area contributed by atoms with Gasteiger partial charge in [-0.05, 0) is 44.1 Å². The number of primary amides is 1. The Hall–Kier alpha value is -1.68. The zero-order valence-corrected chi connectivity index (χ0v) is 14.8. The number of hydrogen-bond donors (Lipinski definition) is 3. The highest BCUT2D eigenvalue weighted by atomic mass is 19.4. The Morgan fingerprint density at radius 3 is 2.63 bits per heavy atom. The van der Waals surface area contributed by atoms with Crippen LogP contribution in [0.1, 0.15) is 32.1 Å². The summed E-state index contributed by atoms with van der Waals surface area (Å²) in [6.45, 7) is -0.280. The van der Waals surface area contributed by atoms with Crippen LogP contribution in [-0.4, -0.2) is 49.2 Å². The number of nitrogens with two attached hydrogens (primary N) is 1. The summed E-state index contributed by atoms with van der Waals surface area (Å²) in [5, 5.41) is 5.73. The summed E-state index contributed by atoms with van der Waals surface area (Å²) in [6, 6.07) is 0. The van der Waals surface area contributed by atoms with Crippen molar-refractivity contribution in [1.29, 1.82) is 0 Å². The molecule has 0 aromatic rings. The number of nitrogens with one attached hydrogen (secondary N) is 2. The van der Waals surface area contributed by atoms with E-state index < -0.39 is 42.0 Å². The van der Waals surface area contributed by atoms with Crippen LogP contribution in [-0.2, 0) is 19.1 Å². The first-order valence-corrected chi connectivity index (χ1v) is 9.21. The molecule has 3 rings (SSSR count). The fourth-order valence-electron chi connectivity index (χ4n) is 5.11. The number of amides is 2. The Morgan fingerprint density at radius 2 is 2.04 bits per heavy atom. The Balaban J connectivity index is 1.90. The van der Waals surface area contributed by atoms with Crippen molar-refractivity contribution in [2.24, 2.45) is 29.4 Å². The standard InChI is InChI=1S/C17H24F3N3O4/c18-17(19,20)27-8-13(24)12(6-9-4-5-22-14(9)25)16(15(21)26)11-3-1-2-10(11)7-23-16/h9-12,23H,1-8H2,(H2,21,26)(H,22,25)/t9-,10?,11?,12+,16?/m1/s1. The van der Waals surface area contributed by atoms with Gasteiger partial charge in [-0.2, -0.15) is 0 Å². The van der Waals surface area contributed by atoms with E-state index in [9.17, 15) is 27.6 Å². The number of fused-ring (bicyclic) bond motifs is 1. The van der Waals surface area contributed by atoms with Crippen molar-refractivity contribution in [2.75, 3.05) is 19.7 Å². The van der Waals surface area contributed by atoms with Crippen LogP contribution in [0.2, 0.25) is 0 Å². The van der Waals surface area contributed by atoms with Crippen LogP contribution < -0.4 is 16.4 Å². The second kappa shape index (κ2) is 7.38. The van der Waals surface area contributed by atoms with Gasteiger partial charge in [0.2, 0.25) is 11.8 Å². The summed E-state index contributed by atoms with van der Waals surface area (Å²) in [4.78, 5) is 37.3. The van der Waals surface area contributed by atoms with E-state index in [1.807, 2.05) is 0 Å². The van der Waals surface area contributed by atoms with Crippen molar-refractivity contribution >= 4 is 17.6 Å². The molecule has 10 heteroatoms. The van der Waals surface area contributed by atoms with E-state index in [0.29, 0.717) is 25.9 Å². The smallest absolute Gasteiger partial charge is 0.368 e. The molecule has 2 amide bonds. The van der Waals surface area contributed by atoms with Gasteiger partial charge in [-0.1, -0.05) is 6.42 Å². The predicted molar refractivity (Wildman–Crippen MR) is 87.0 cm³/mol. The molecule has 7 nitrogen and oxygen atoms in total. The minimum Gasteiger partial charge on any atom is -0.368 e. The lowest BCUT2D eigenvalue weighted by Gasteiger charge is -2.39. The second-order valence-electron chi connectivity index (χ2n) is 7.68. The lowest BCUT2D eigenvalue weighted by atomic mass is 9.67. The number of carbonyl (C=O) groups is 3. The lowest BCUT2D eigenvalue weighted by Crippen LogP contribution is -2.63. The average Bonchev–Trinajstić information content (AvgIpc) is 3.27. The number of hydrogen-bond acceptors (Lipinski definition) is 5. The molecule has 3 fully saturated rings. The summed E-state index contributed by atoms with van der Waals surface area (Å²) in [5.41, 5.74) is 4.27. The zero-order chi connectivity index (χ0) is 19.8. The lowest BCUT2D eigenvalue weighted by molar-refractivity contribution is -0.321. The molecular formula is C17H24F3N3O4. The van der Waals surface area contributed by atoms with Crippen LogP contribution in [0.25, 0.3) is 0 Å². The summed E-state index contributed by atoms with van der Waals surface area (Å²) in [5.74, 6) is -3.62. The molecule has 0 aromatic carbocycles. The first-order valence-electron chi connectivity index (χ1n) is 9.21. The van der Waals surface area contributed by atoms with E-state index in [4.69, 9.17) is 5.73 Å². The van der Waals surface area contributed by atoms with Crippen molar-refractivity contribution in [1.82, 2.24) is 10.6 Å². The van der Waals surface area contributed by atoms with E-state index in [-0.39, 0.29) is 24.2 Å². The molecule has 152 valence electrons. The Kier molecular flexibility index (Phi) is 5.49. The highest BCUT2D eigenvalue weighted by molar-refractivity contribution is 5.95. The normalized spacial score (nSPS) is 34.3. The zero-order valence-electron chi connectivity index (χ0n) is 14.8. The molecule has 3 aliphatic rings. The van der Waals surface area contributed by atoms with Crippen LogP contribution in [0, 0.1) is 23.7 Å². The fourth-order valence-corrected chi connectivity index (χ4v) is 5.11. The third kappa shape index (κ3) is 3.82. The number of ketones is 1. The molecule has 0 spiro atoms. The van der Waals surface area contributed by atoms with E-state index in [0.717, 1.165) is 12.8 Å². The van der Waals surface area contributed by atoms with E-state index in [1.54, 1.807) is 0 Å². The SMILES string of the molecule is NC(=O)C1([C@@H](C[C@H]2CCNC2=O)C(=O)COC(F)(F)F)NCC2CCCC21. The van der Waals surface area contributed by atoms with Gasteiger partial charge in [-0.15, -0.1) is 13.2 Å². The molecule has 27 heavy (non-hydrogen) atoms. The highest BCUT2D eigenvalue weighted by Crippen LogP contribution is 2.48. The van der Waals surface area contributed by atoms with Gasteiger partial charge in [-0.3, -0.25) is 19.1 Å². The molecule has 0 bridgehead atoms. The van der Waals surface area contributed by atoms with Crippen molar-refractivity contribution in [3.05, 3.63) is 0 Å². The number of halogens is 3. The molecule has 2 aliphatic heterocycles. The predicted octanol–water partition coefficient (Wildman–Crippen LogP) is 0.478. The molecule has 0 aromatic heterocycles. The largest absolute Gasteiger partial charge is 0.522 e. The van der Waals surface area contributed by atoms with Crippen LogP contribution in [0.4, 0.5) is 13.2 Å². The van der Waals surface area contributed by atoms with E-state index in [1.165, 1.54) is 0 Å². The monoisotopic (exact) mass is 391 g/mol. The molecule has 0 radical (unpaired) electrons. The molecule has 1 aliphatic carbocycles. The summed E-state index contributed by atoms with van der Waals surface area (Å²) >= 11 is 0. The van der Waals surface area contributed by atoms with Gasteiger partial charge >= 0.3 is 6.36 Å². The molecule has 5 atom stereocenters. The third-order valence-electron chi connectivity index (χ3n) is 6.31. The second-order valence-corrected chi connectivity index (χ2v) is 7.68.